The van der Waals surface area contributed by atoms with Crippen molar-refractivity contribution in [3.05, 3.63) is 41.5 Å². The third-order valence-corrected chi connectivity index (χ3v) is 6.75. The lowest BCUT2D eigenvalue weighted by Crippen LogP contribution is -2.52. The Balaban J connectivity index is 0.00000272. The number of amides is 1. The van der Waals surface area contributed by atoms with Crippen LogP contribution < -0.4 is 20.1 Å². The van der Waals surface area contributed by atoms with Gasteiger partial charge in [-0.15, -0.1) is 12.4 Å². The molecule has 1 amide bonds. The average Bonchev–Trinajstić information content (AvgIpc) is 3.23. The maximum atomic E-state index is 13.5. The van der Waals surface area contributed by atoms with E-state index in [1.54, 1.807) is 0 Å². The average molecular weight is 481 g/mol. The number of aromatic nitrogens is 1. The molecule has 3 N–H and O–H groups in total. The van der Waals surface area contributed by atoms with Crippen molar-refractivity contribution in [3.8, 4) is 5.75 Å². The Labute approximate surface area is 182 Å². The standard InChI is InChI=1S/C18H19F3N4O4S.ClH/c1-25-7-13-15(29-9-18(4-5-22-8-18)24-30(13,27)28)14(25)17(26)23-10-2-3-12(19)11(6-10)16(20)21;/h2-3,6-7,16,22,24H,4-5,8-9H2,1H3,(H,23,26);1H. The summed E-state index contributed by atoms with van der Waals surface area (Å²) in [7, 11) is -2.50. The van der Waals surface area contributed by atoms with Crippen LogP contribution in [0, 0.1) is 5.82 Å². The molecule has 4 rings (SSSR count). The van der Waals surface area contributed by atoms with Crippen LogP contribution in [-0.2, 0) is 17.1 Å². The normalized spacial score (nSPS) is 21.8. The summed E-state index contributed by atoms with van der Waals surface area (Å²) in [5.41, 5.74) is -1.82. The zero-order chi connectivity index (χ0) is 21.7. The van der Waals surface area contributed by atoms with Gasteiger partial charge in [-0.1, -0.05) is 0 Å². The number of rotatable bonds is 3. The lowest BCUT2D eigenvalue weighted by Gasteiger charge is -2.26. The highest BCUT2D eigenvalue weighted by atomic mass is 35.5. The molecule has 1 saturated heterocycles. The lowest BCUT2D eigenvalue weighted by molar-refractivity contribution is 0.101. The van der Waals surface area contributed by atoms with Gasteiger partial charge in [-0.2, -0.15) is 0 Å². The minimum Gasteiger partial charge on any atom is -0.488 e. The fraction of sp³-hybridized carbons (Fsp3) is 0.389. The molecule has 3 heterocycles. The molecule has 1 aromatic heterocycles. The van der Waals surface area contributed by atoms with E-state index in [1.807, 2.05) is 0 Å². The molecule has 13 heteroatoms. The number of ether oxygens (including phenoxy) is 1. The van der Waals surface area contributed by atoms with Gasteiger partial charge in [0.1, 0.15) is 17.3 Å². The number of alkyl halides is 2. The summed E-state index contributed by atoms with van der Waals surface area (Å²) in [5.74, 6) is -1.99. The first-order valence-electron chi connectivity index (χ1n) is 9.08. The Morgan fingerprint density at radius 2 is 2.10 bits per heavy atom. The molecule has 1 unspecified atom stereocenters. The van der Waals surface area contributed by atoms with Crippen molar-refractivity contribution in [3.63, 3.8) is 0 Å². The molecule has 2 aliphatic rings. The third-order valence-electron chi connectivity index (χ3n) is 5.18. The molecule has 2 aromatic rings. The zero-order valence-electron chi connectivity index (χ0n) is 16.2. The van der Waals surface area contributed by atoms with Crippen LogP contribution in [0.3, 0.4) is 0 Å². The lowest BCUT2D eigenvalue weighted by atomic mass is 10.0. The first kappa shape index (κ1) is 23.4. The topological polar surface area (TPSA) is 101 Å². The number of fused-ring (bicyclic) bond motifs is 1. The molecule has 1 fully saturated rings. The van der Waals surface area contributed by atoms with Crippen molar-refractivity contribution in [2.24, 2.45) is 7.05 Å². The van der Waals surface area contributed by atoms with Gasteiger partial charge in [0.05, 0.1) is 11.1 Å². The number of nitrogens with zero attached hydrogens (tertiary/aromatic N) is 1. The predicted molar refractivity (Wildman–Crippen MR) is 108 cm³/mol. The summed E-state index contributed by atoms with van der Waals surface area (Å²) >= 11 is 0. The number of carbonyl (C=O) groups is 1. The van der Waals surface area contributed by atoms with E-state index in [0.29, 0.717) is 19.5 Å². The Hall–Kier alpha value is -2.28. The molecule has 31 heavy (non-hydrogen) atoms. The molecule has 1 atom stereocenters. The number of nitrogens with one attached hydrogen (secondary N) is 3. The van der Waals surface area contributed by atoms with Crippen molar-refractivity contribution >= 4 is 34.0 Å². The monoisotopic (exact) mass is 480 g/mol. The van der Waals surface area contributed by atoms with Crippen molar-refractivity contribution in [2.45, 2.75) is 23.3 Å². The Morgan fingerprint density at radius 1 is 1.35 bits per heavy atom. The number of hydrogen-bond acceptors (Lipinski definition) is 5. The molecule has 1 aromatic carbocycles. The van der Waals surface area contributed by atoms with E-state index < -0.39 is 39.3 Å². The van der Waals surface area contributed by atoms with E-state index in [-0.39, 0.29) is 41.0 Å². The number of aryl methyl sites for hydroxylation is 1. The SMILES string of the molecule is Cl.Cn1cc2c(c1C(=O)Nc1ccc(F)c(C(F)F)c1)OCC1(CCNC1)NS2(=O)=O. The summed E-state index contributed by atoms with van der Waals surface area (Å²) in [5, 5.41) is 5.48. The van der Waals surface area contributed by atoms with Crippen LogP contribution in [0.2, 0.25) is 0 Å². The highest BCUT2D eigenvalue weighted by molar-refractivity contribution is 7.89. The first-order valence-corrected chi connectivity index (χ1v) is 10.6. The van der Waals surface area contributed by atoms with Gasteiger partial charge in [-0.3, -0.25) is 4.79 Å². The molecule has 2 aliphatic heterocycles. The Kier molecular flexibility index (Phi) is 6.29. The van der Waals surface area contributed by atoms with Crippen molar-refractivity contribution in [1.29, 1.82) is 0 Å². The molecular weight excluding hydrogens is 461 g/mol. The summed E-state index contributed by atoms with van der Waals surface area (Å²) in [6.45, 7) is 1.02. The minimum absolute atomic E-state index is 0. The van der Waals surface area contributed by atoms with E-state index in [9.17, 15) is 26.4 Å². The number of hydrogen-bond donors (Lipinski definition) is 3. The third kappa shape index (κ3) is 4.25. The quantitative estimate of drug-likeness (QED) is 0.625. The van der Waals surface area contributed by atoms with Gasteiger partial charge in [0.25, 0.3) is 12.3 Å². The number of anilines is 1. The van der Waals surface area contributed by atoms with Crippen LogP contribution in [-0.4, -0.2) is 44.1 Å². The highest BCUT2D eigenvalue weighted by Crippen LogP contribution is 2.36. The molecule has 0 bridgehead atoms. The molecule has 0 radical (unpaired) electrons. The van der Waals surface area contributed by atoms with Crippen molar-refractivity contribution < 1.29 is 31.1 Å². The van der Waals surface area contributed by atoms with E-state index in [1.165, 1.54) is 17.8 Å². The van der Waals surface area contributed by atoms with Gasteiger partial charge in [0.15, 0.2) is 11.4 Å². The first-order chi connectivity index (χ1) is 14.1. The van der Waals surface area contributed by atoms with Crippen molar-refractivity contribution in [1.82, 2.24) is 14.6 Å². The molecule has 8 nitrogen and oxygen atoms in total. The van der Waals surface area contributed by atoms with E-state index in [2.05, 4.69) is 15.4 Å². The number of halogens is 4. The van der Waals surface area contributed by atoms with Gasteiger partial charge >= 0.3 is 0 Å². The number of carbonyl (C=O) groups excluding carboxylic acids is 1. The predicted octanol–water partition coefficient (Wildman–Crippen LogP) is 2.18. The molecule has 1 spiro atoms. The van der Waals surface area contributed by atoms with Crippen LogP contribution >= 0.6 is 12.4 Å². The van der Waals surface area contributed by atoms with Gasteiger partial charge < -0.3 is 19.9 Å². The summed E-state index contributed by atoms with van der Waals surface area (Å²) < 4.78 is 74.8. The Morgan fingerprint density at radius 3 is 2.74 bits per heavy atom. The summed E-state index contributed by atoms with van der Waals surface area (Å²) in [4.78, 5) is 12.7. The number of benzene rings is 1. The zero-order valence-corrected chi connectivity index (χ0v) is 17.9. The largest absolute Gasteiger partial charge is 0.488 e. The second kappa shape index (κ2) is 8.34. The maximum absolute atomic E-state index is 13.5. The fourth-order valence-electron chi connectivity index (χ4n) is 3.68. The van der Waals surface area contributed by atoms with Crippen LogP contribution in [0.5, 0.6) is 5.75 Å². The smallest absolute Gasteiger partial charge is 0.276 e. The highest BCUT2D eigenvalue weighted by Gasteiger charge is 2.44. The van der Waals surface area contributed by atoms with Gasteiger partial charge in [-0.25, -0.2) is 26.3 Å². The molecular formula is C18H20ClF3N4O4S. The van der Waals surface area contributed by atoms with Gasteiger partial charge in [-0.05, 0) is 31.2 Å². The van der Waals surface area contributed by atoms with E-state index in [4.69, 9.17) is 4.74 Å². The fourth-order valence-corrected chi connectivity index (χ4v) is 5.29. The second-order valence-corrected chi connectivity index (χ2v) is 9.03. The Bertz CT molecular complexity index is 1120. The number of sulfonamides is 1. The van der Waals surface area contributed by atoms with E-state index >= 15 is 0 Å². The van der Waals surface area contributed by atoms with Crippen molar-refractivity contribution in [2.75, 3.05) is 25.0 Å². The summed E-state index contributed by atoms with van der Waals surface area (Å²) in [6.07, 6.45) is -1.27. The minimum atomic E-state index is -3.97. The molecule has 0 aliphatic carbocycles. The van der Waals surface area contributed by atoms with Gasteiger partial charge in [0, 0.05) is 25.5 Å². The van der Waals surface area contributed by atoms with Crippen LogP contribution in [0.4, 0.5) is 18.9 Å². The van der Waals surface area contributed by atoms with Crippen LogP contribution in [0.25, 0.3) is 0 Å². The summed E-state index contributed by atoms with van der Waals surface area (Å²) in [6, 6.07) is 2.79. The second-order valence-electron chi connectivity index (χ2n) is 7.37. The van der Waals surface area contributed by atoms with E-state index in [0.717, 1.165) is 18.2 Å². The van der Waals surface area contributed by atoms with Gasteiger partial charge in [0.2, 0.25) is 10.0 Å². The molecule has 170 valence electrons. The maximum Gasteiger partial charge on any atom is 0.276 e. The van der Waals surface area contributed by atoms with Crippen LogP contribution in [0.15, 0.2) is 29.3 Å². The molecule has 0 saturated carbocycles. The van der Waals surface area contributed by atoms with Crippen LogP contribution in [0.1, 0.15) is 28.9 Å².